The van der Waals surface area contributed by atoms with Gasteiger partial charge in [-0.25, -0.2) is 21.9 Å². The van der Waals surface area contributed by atoms with Crippen LogP contribution in [0.1, 0.15) is 33.6 Å². The molecule has 1 aliphatic rings. The van der Waals surface area contributed by atoms with Gasteiger partial charge in [0.05, 0.1) is 23.5 Å². The predicted octanol–water partition coefficient (Wildman–Crippen LogP) is 2.78. The van der Waals surface area contributed by atoms with Gasteiger partial charge in [0.1, 0.15) is 11.4 Å². The molecule has 28 heavy (non-hydrogen) atoms. The Morgan fingerprint density at radius 3 is 2.50 bits per heavy atom. The largest absolute Gasteiger partial charge is 0.444 e. The Hall–Kier alpha value is -2.20. The minimum absolute atomic E-state index is 0.0643. The molecule has 0 aromatic heterocycles. The second-order valence-corrected chi connectivity index (χ2v) is 9.75. The van der Waals surface area contributed by atoms with Gasteiger partial charge < -0.3 is 10.1 Å². The number of hydrogen-bond acceptors (Lipinski definition) is 5. The van der Waals surface area contributed by atoms with E-state index >= 15 is 0 Å². The summed E-state index contributed by atoms with van der Waals surface area (Å²) in [5.41, 5.74) is -0.461. The van der Waals surface area contributed by atoms with Crippen LogP contribution in [-0.2, 0) is 19.6 Å². The lowest BCUT2D eigenvalue weighted by molar-refractivity contribution is -0.120. The number of halogens is 1. The smallest absolute Gasteiger partial charge is 0.412 e. The zero-order valence-electron chi connectivity index (χ0n) is 16.4. The summed E-state index contributed by atoms with van der Waals surface area (Å²) in [5.74, 6) is -1.60. The van der Waals surface area contributed by atoms with E-state index < -0.39 is 39.4 Å². The molecular formula is C18H26FN3O5S. The maximum atomic E-state index is 13.7. The highest BCUT2D eigenvalue weighted by Gasteiger charge is 2.30. The summed E-state index contributed by atoms with van der Waals surface area (Å²) < 4.78 is 43.6. The lowest BCUT2D eigenvalue weighted by Gasteiger charge is -2.30. The molecule has 1 unspecified atom stereocenters. The first-order chi connectivity index (χ1) is 12.8. The molecular weight excluding hydrogens is 389 g/mol. The first kappa shape index (κ1) is 22.1. The third-order valence-electron chi connectivity index (χ3n) is 4.10. The molecule has 0 radical (unpaired) electrons. The number of carbonyl (C=O) groups excluding carboxylic acids is 2. The van der Waals surface area contributed by atoms with Crippen LogP contribution in [0.25, 0.3) is 0 Å². The highest BCUT2D eigenvalue weighted by Crippen LogP contribution is 2.26. The number of carbonyl (C=O) groups is 2. The number of benzene rings is 1. The van der Waals surface area contributed by atoms with Gasteiger partial charge in [0.25, 0.3) is 0 Å². The van der Waals surface area contributed by atoms with Crippen molar-refractivity contribution in [3.8, 4) is 0 Å². The number of anilines is 2. The Morgan fingerprint density at radius 1 is 1.21 bits per heavy atom. The van der Waals surface area contributed by atoms with Gasteiger partial charge in [-0.1, -0.05) is 0 Å². The quantitative estimate of drug-likeness (QED) is 0.787. The van der Waals surface area contributed by atoms with Crippen molar-refractivity contribution in [2.24, 2.45) is 5.92 Å². The topological polar surface area (TPSA) is 105 Å². The Morgan fingerprint density at radius 2 is 1.89 bits per heavy atom. The fourth-order valence-electron chi connectivity index (χ4n) is 2.83. The average molecular weight is 415 g/mol. The number of ether oxygens (including phenoxy) is 1. The first-order valence-corrected chi connectivity index (χ1v) is 10.8. The van der Waals surface area contributed by atoms with Crippen molar-refractivity contribution in [2.45, 2.75) is 39.2 Å². The van der Waals surface area contributed by atoms with Crippen molar-refractivity contribution < 1.29 is 27.1 Å². The van der Waals surface area contributed by atoms with Gasteiger partial charge in [0, 0.05) is 13.1 Å². The van der Waals surface area contributed by atoms with Crippen LogP contribution in [0.15, 0.2) is 18.2 Å². The van der Waals surface area contributed by atoms with E-state index in [2.05, 4.69) is 10.6 Å². The first-order valence-electron chi connectivity index (χ1n) is 8.91. The molecule has 1 heterocycles. The summed E-state index contributed by atoms with van der Waals surface area (Å²) >= 11 is 0. The lowest BCUT2D eigenvalue weighted by atomic mass is 9.98. The van der Waals surface area contributed by atoms with E-state index in [4.69, 9.17) is 4.74 Å². The minimum Gasteiger partial charge on any atom is -0.444 e. The van der Waals surface area contributed by atoms with Crippen LogP contribution in [-0.4, -0.2) is 49.7 Å². The van der Waals surface area contributed by atoms with E-state index in [1.165, 1.54) is 10.4 Å². The van der Waals surface area contributed by atoms with E-state index in [0.717, 1.165) is 18.4 Å². The monoisotopic (exact) mass is 415 g/mol. The maximum absolute atomic E-state index is 13.7. The van der Waals surface area contributed by atoms with Gasteiger partial charge in [-0.15, -0.1) is 0 Å². The van der Waals surface area contributed by atoms with E-state index in [-0.39, 0.29) is 17.9 Å². The van der Waals surface area contributed by atoms with Gasteiger partial charge in [-0.3, -0.25) is 10.1 Å². The third-order valence-corrected chi connectivity index (χ3v) is 5.37. The zero-order valence-corrected chi connectivity index (χ0v) is 17.2. The van der Waals surface area contributed by atoms with Crippen LogP contribution in [0, 0.1) is 11.7 Å². The summed E-state index contributed by atoms with van der Waals surface area (Å²) in [6, 6.07) is 3.55. The highest BCUT2D eigenvalue weighted by atomic mass is 32.2. The molecule has 2 rings (SSSR count). The number of nitrogens with zero attached hydrogens (tertiary/aromatic N) is 1. The molecule has 0 spiro atoms. The van der Waals surface area contributed by atoms with E-state index in [1.54, 1.807) is 20.8 Å². The van der Waals surface area contributed by atoms with Crippen LogP contribution in [0.3, 0.4) is 0 Å². The SMILES string of the molecule is CC(C)(C)OC(=O)Nc1ccc(F)cc1NC(=O)C1CCCN(S(C)(=O)=O)C1. The van der Waals surface area contributed by atoms with Crippen molar-refractivity contribution in [2.75, 3.05) is 30.0 Å². The Kier molecular flexibility index (Phi) is 6.66. The van der Waals surface area contributed by atoms with Gasteiger partial charge in [-0.2, -0.15) is 0 Å². The fourth-order valence-corrected chi connectivity index (χ4v) is 3.75. The lowest BCUT2D eigenvalue weighted by Crippen LogP contribution is -2.43. The molecule has 1 saturated heterocycles. The van der Waals surface area contributed by atoms with Crippen LogP contribution in [0.5, 0.6) is 0 Å². The van der Waals surface area contributed by atoms with Gasteiger partial charge >= 0.3 is 6.09 Å². The van der Waals surface area contributed by atoms with Crippen LogP contribution >= 0.6 is 0 Å². The normalized spacial score (nSPS) is 18.4. The number of piperidine rings is 1. The van der Waals surface area contributed by atoms with Gasteiger partial charge in [-0.05, 0) is 51.8 Å². The second kappa shape index (κ2) is 8.44. The second-order valence-electron chi connectivity index (χ2n) is 7.77. The summed E-state index contributed by atoms with van der Waals surface area (Å²) in [7, 11) is -3.39. The number of hydrogen-bond donors (Lipinski definition) is 2. The molecule has 0 bridgehead atoms. The molecule has 1 aromatic carbocycles. The number of sulfonamides is 1. The number of nitrogens with one attached hydrogen (secondary N) is 2. The van der Waals surface area contributed by atoms with Crippen molar-refractivity contribution >= 4 is 33.4 Å². The van der Waals surface area contributed by atoms with E-state index in [9.17, 15) is 22.4 Å². The summed E-state index contributed by atoms with van der Waals surface area (Å²) in [6.07, 6.45) is 1.43. The third kappa shape index (κ3) is 6.45. The summed E-state index contributed by atoms with van der Waals surface area (Å²) in [6.45, 7) is 5.55. The fraction of sp³-hybridized carbons (Fsp3) is 0.556. The summed E-state index contributed by atoms with van der Waals surface area (Å²) in [4.78, 5) is 24.6. The Balaban J connectivity index is 2.13. The summed E-state index contributed by atoms with van der Waals surface area (Å²) in [5, 5.41) is 5.08. The maximum Gasteiger partial charge on any atom is 0.412 e. The number of amides is 2. The van der Waals surface area contributed by atoms with Crippen molar-refractivity contribution in [1.82, 2.24) is 4.31 Å². The highest BCUT2D eigenvalue weighted by molar-refractivity contribution is 7.88. The molecule has 1 fully saturated rings. The standard InChI is InChI=1S/C18H26FN3O5S/c1-18(2,3)27-17(24)21-14-8-7-13(19)10-15(14)20-16(23)12-6-5-9-22(11-12)28(4,25)26/h7-8,10,12H,5-6,9,11H2,1-4H3,(H,20,23)(H,21,24). The molecule has 1 aromatic rings. The van der Waals surface area contributed by atoms with Crippen LogP contribution < -0.4 is 10.6 Å². The molecule has 1 atom stereocenters. The molecule has 2 N–H and O–H groups in total. The van der Waals surface area contributed by atoms with Crippen molar-refractivity contribution in [1.29, 1.82) is 0 Å². The van der Waals surface area contributed by atoms with Crippen molar-refractivity contribution in [3.05, 3.63) is 24.0 Å². The van der Waals surface area contributed by atoms with Crippen molar-refractivity contribution in [3.63, 3.8) is 0 Å². The van der Waals surface area contributed by atoms with Crippen LogP contribution in [0.2, 0.25) is 0 Å². The van der Waals surface area contributed by atoms with E-state index in [0.29, 0.717) is 19.4 Å². The molecule has 0 saturated carbocycles. The van der Waals surface area contributed by atoms with Gasteiger partial charge in [0.15, 0.2) is 0 Å². The predicted molar refractivity (Wildman–Crippen MR) is 104 cm³/mol. The minimum atomic E-state index is -3.39. The number of rotatable bonds is 4. The van der Waals surface area contributed by atoms with Crippen LogP contribution in [0.4, 0.5) is 20.6 Å². The molecule has 10 heteroatoms. The molecule has 0 aliphatic carbocycles. The average Bonchev–Trinajstić information content (AvgIpc) is 2.55. The zero-order chi connectivity index (χ0) is 21.1. The molecule has 2 amide bonds. The molecule has 1 aliphatic heterocycles. The molecule has 8 nitrogen and oxygen atoms in total. The van der Waals surface area contributed by atoms with Gasteiger partial charge in [0.2, 0.25) is 15.9 Å². The van der Waals surface area contributed by atoms with E-state index in [1.807, 2.05) is 0 Å². The Labute approximate surface area is 164 Å². The Bertz CT molecular complexity index is 851. The molecule has 156 valence electrons.